The van der Waals surface area contributed by atoms with Gasteiger partial charge >= 0.3 is 0 Å². The molecular weight excluding hydrogens is 328 g/mol. The standard InChI is InChI=1S/C17H19ClN4O2/c18-15-6-2-1-4-12(15)10-22-11-14(8-20-22)17(24)21-7-3-5-13(9-21)16(19)23/h1-2,4,6,8,11,13H,3,5,7,9-10H2,(H2,19,23)/t13-/m0/s1. The number of carbonyl (C=O) groups is 2. The molecule has 0 saturated carbocycles. The number of amides is 2. The molecule has 7 heteroatoms. The molecule has 2 heterocycles. The van der Waals surface area contributed by atoms with Crippen molar-refractivity contribution in [2.24, 2.45) is 11.7 Å². The van der Waals surface area contributed by atoms with Crippen molar-refractivity contribution in [2.75, 3.05) is 13.1 Å². The van der Waals surface area contributed by atoms with Crippen LogP contribution in [0.25, 0.3) is 0 Å². The Bertz CT molecular complexity index is 759. The maximum atomic E-state index is 12.6. The average Bonchev–Trinajstić information content (AvgIpc) is 3.05. The van der Waals surface area contributed by atoms with Crippen LogP contribution >= 0.6 is 11.6 Å². The minimum absolute atomic E-state index is 0.119. The summed E-state index contributed by atoms with van der Waals surface area (Å²) in [7, 11) is 0. The van der Waals surface area contributed by atoms with Gasteiger partial charge in [-0.25, -0.2) is 0 Å². The minimum Gasteiger partial charge on any atom is -0.369 e. The highest BCUT2D eigenvalue weighted by atomic mass is 35.5. The number of primary amides is 1. The zero-order valence-electron chi connectivity index (χ0n) is 13.2. The summed E-state index contributed by atoms with van der Waals surface area (Å²) in [5.74, 6) is -0.728. The van der Waals surface area contributed by atoms with E-state index >= 15 is 0 Å². The fraction of sp³-hybridized carbons (Fsp3) is 0.353. The van der Waals surface area contributed by atoms with Gasteiger partial charge in [-0.15, -0.1) is 0 Å². The Balaban J connectivity index is 1.70. The van der Waals surface area contributed by atoms with Gasteiger partial charge < -0.3 is 10.6 Å². The van der Waals surface area contributed by atoms with Gasteiger partial charge in [-0.1, -0.05) is 29.8 Å². The quantitative estimate of drug-likeness (QED) is 0.918. The van der Waals surface area contributed by atoms with Crippen LogP contribution in [0.2, 0.25) is 5.02 Å². The van der Waals surface area contributed by atoms with Crippen LogP contribution < -0.4 is 5.73 Å². The first-order chi connectivity index (χ1) is 11.5. The van der Waals surface area contributed by atoms with Gasteiger partial charge in [0.15, 0.2) is 0 Å². The highest BCUT2D eigenvalue weighted by molar-refractivity contribution is 6.31. The second-order valence-electron chi connectivity index (χ2n) is 6.01. The highest BCUT2D eigenvalue weighted by Gasteiger charge is 2.28. The van der Waals surface area contributed by atoms with Crippen LogP contribution in [0.15, 0.2) is 36.7 Å². The first-order valence-corrected chi connectivity index (χ1v) is 8.27. The molecule has 6 nitrogen and oxygen atoms in total. The SMILES string of the molecule is NC(=O)[C@H]1CCCN(C(=O)c2cnn(Cc3ccccc3Cl)c2)C1. The van der Waals surface area contributed by atoms with E-state index in [1.807, 2.05) is 24.3 Å². The van der Waals surface area contributed by atoms with E-state index < -0.39 is 0 Å². The predicted octanol–water partition coefficient (Wildman–Crippen LogP) is 1.92. The van der Waals surface area contributed by atoms with Crippen molar-refractivity contribution in [3.05, 3.63) is 52.8 Å². The topological polar surface area (TPSA) is 81.2 Å². The zero-order valence-corrected chi connectivity index (χ0v) is 13.9. The van der Waals surface area contributed by atoms with Gasteiger partial charge in [-0.05, 0) is 24.5 Å². The van der Waals surface area contributed by atoms with E-state index in [1.54, 1.807) is 22.0 Å². The van der Waals surface area contributed by atoms with Gasteiger partial charge in [0.25, 0.3) is 5.91 Å². The molecule has 1 aromatic carbocycles. The maximum Gasteiger partial charge on any atom is 0.257 e. The van der Waals surface area contributed by atoms with E-state index in [1.165, 1.54) is 0 Å². The lowest BCUT2D eigenvalue weighted by molar-refractivity contribution is -0.123. The second kappa shape index (κ2) is 7.05. The number of hydrogen-bond donors (Lipinski definition) is 1. The molecule has 2 amide bonds. The summed E-state index contributed by atoms with van der Waals surface area (Å²) in [6.07, 6.45) is 4.78. The lowest BCUT2D eigenvalue weighted by Crippen LogP contribution is -2.44. The van der Waals surface area contributed by atoms with Gasteiger partial charge in [-0.3, -0.25) is 14.3 Å². The van der Waals surface area contributed by atoms with Crippen LogP contribution in [-0.2, 0) is 11.3 Å². The molecule has 2 aromatic rings. The lowest BCUT2D eigenvalue weighted by atomic mass is 9.97. The Labute approximate surface area is 145 Å². The molecule has 1 aromatic heterocycles. The van der Waals surface area contributed by atoms with E-state index in [0.29, 0.717) is 30.2 Å². The van der Waals surface area contributed by atoms with Crippen molar-refractivity contribution >= 4 is 23.4 Å². The van der Waals surface area contributed by atoms with Crippen LogP contribution in [0.4, 0.5) is 0 Å². The van der Waals surface area contributed by atoms with Gasteiger partial charge in [0.05, 0.1) is 24.2 Å². The third-order valence-corrected chi connectivity index (χ3v) is 4.65. The van der Waals surface area contributed by atoms with Crippen LogP contribution in [-0.4, -0.2) is 39.6 Å². The van der Waals surface area contributed by atoms with Crippen LogP contribution in [0.1, 0.15) is 28.8 Å². The summed E-state index contributed by atoms with van der Waals surface area (Å²) < 4.78 is 1.68. The zero-order chi connectivity index (χ0) is 17.1. The first-order valence-electron chi connectivity index (χ1n) is 7.89. The number of nitrogens with zero attached hydrogens (tertiary/aromatic N) is 3. The van der Waals surface area contributed by atoms with E-state index in [2.05, 4.69) is 5.10 Å². The Kier molecular flexibility index (Phi) is 4.85. The summed E-state index contributed by atoms with van der Waals surface area (Å²) in [6, 6.07) is 7.53. The van der Waals surface area contributed by atoms with Gasteiger partial charge in [0.2, 0.25) is 5.91 Å². The van der Waals surface area contributed by atoms with Crippen molar-refractivity contribution in [1.29, 1.82) is 0 Å². The van der Waals surface area contributed by atoms with Crippen LogP contribution in [0.3, 0.4) is 0 Å². The summed E-state index contributed by atoms with van der Waals surface area (Å²) in [5.41, 5.74) is 6.81. The number of carbonyl (C=O) groups excluding carboxylic acids is 2. The predicted molar refractivity (Wildman–Crippen MR) is 90.6 cm³/mol. The third kappa shape index (κ3) is 3.59. The fourth-order valence-corrected chi connectivity index (χ4v) is 3.13. The number of nitrogens with two attached hydrogens (primary N) is 1. The molecule has 2 N–H and O–H groups in total. The smallest absolute Gasteiger partial charge is 0.257 e. The van der Waals surface area contributed by atoms with E-state index in [4.69, 9.17) is 17.3 Å². The monoisotopic (exact) mass is 346 g/mol. The fourth-order valence-electron chi connectivity index (χ4n) is 2.94. The summed E-state index contributed by atoms with van der Waals surface area (Å²) >= 11 is 6.15. The van der Waals surface area contributed by atoms with Gasteiger partial charge in [-0.2, -0.15) is 5.10 Å². The van der Waals surface area contributed by atoms with E-state index in [-0.39, 0.29) is 17.7 Å². The molecule has 0 unspecified atom stereocenters. The number of aromatic nitrogens is 2. The largest absolute Gasteiger partial charge is 0.369 e. The Morgan fingerprint density at radius 2 is 2.12 bits per heavy atom. The normalized spacial score (nSPS) is 17.7. The molecule has 1 fully saturated rings. The summed E-state index contributed by atoms with van der Waals surface area (Å²) in [6.45, 7) is 1.51. The molecule has 24 heavy (non-hydrogen) atoms. The molecule has 0 spiro atoms. The van der Waals surface area contributed by atoms with Crippen molar-refractivity contribution in [3.8, 4) is 0 Å². The molecule has 0 bridgehead atoms. The number of rotatable bonds is 4. The van der Waals surface area contributed by atoms with Crippen molar-refractivity contribution in [1.82, 2.24) is 14.7 Å². The third-order valence-electron chi connectivity index (χ3n) is 4.28. The summed E-state index contributed by atoms with van der Waals surface area (Å²) in [5, 5.41) is 4.91. The number of benzene rings is 1. The van der Waals surface area contributed by atoms with Crippen LogP contribution in [0.5, 0.6) is 0 Å². The lowest BCUT2D eigenvalue weighted by Gasteiger charge is -2.30. The molecular formula is C17H19ClN4O2. The molecule has 1 aliphatic heterocycles. The molecule has 1 atom stereocenters. The van der Waals surface area contributed by atoms with E-state index in [0.717, 1.165) is 18.4 Å². The molecule has 1 aliphatic rings. The highest BCUT2D eigenvalue weighted by Crippen LogP contribution is 2.19. The van der Waals surface area contributed by atoms with Crippen molar-refractivity contribution in [3.63, 3.8) is 0 Å². The molecule has 3 rings (SSSR count). The van der Waals surface area contributed by atoms with Gasteiger partial charge in [0.1, 0.15) is 0 Å². The number of piperidine rings is 1. The molecule has 1 saturated heterocycles. The van der Waals surface area contributed by atoms with E-state index in [9.17, 15) is 9.59 Å². The number of likely N-dealkylation sites (tertiary alicyclic amines) is 1. The number of hydrogen-bond acceptors (Lipinski definition) is 3. The first kappa shape index (κ1) is 16.5. The Morgan fingerprint density at radius 1 is 1.33 bits per heavy atom. The minimum atomic E-state index is -0.345. The Morgan fingerprint density at radius 3 is 2.88 bits per heavy atom. The molecule has 0 radical (unpaired) electrons. The van der Waals surface area contributed by atoms with Crippen molar-refractivity contribution in [2.45, 2.75) is 19.4 Å². The van der Waals surface area contributed by atoms with Crippen molar-refractivity contribution < 1.29 is 9.59 Å². The Hall–Kier alpha value is -2.34. The van der Waals surface area contributed by atoms with Crippen LogP contribution in [0, 0.1) is 5.92 Å². The maximum absolute atomic E-state index is 12.6. The second-order valence-corrected chi connectivity index (χ2v) is 6.42. The summed E-state index contributed by atoms with van der Waals surface area (Å²) in [4.78, 5) is 25.6. The molecule has 126 valence electrons. The number of halogens is 1. The molecule has 0 aliphatic carbocycles. The van der Waals surface area contributed by atoms with Gasteiger partial charge in [0, 0.05) is 24.3 Å². The average molecular weight is 347 g/mol.